The minimum absolute atomic E-state index is 0.0797. The fraction of sp³-hybridized carbons (Fsp3) is 0.553. The number of aryl methyl sites for hydroxylation is 2. The van der Waals surface area contributed by atoms with Crippen LogP contribution in [-0.4, -0.2) is 68.1 Å². The van der Waals surface area contributed by atoms with Gasteiger partial charge in [-0.1, -0.05) is 12.1 Å². The van der Waals surface area contributed by atoms with Crippen molar-refractivity contribution < 1.29 is 23.4 Å². The summed E-state index contributed by atoms with van der Waals surface area (Å²) >= 11 is 0. The molecule has 0 radical (unpaired) electrons. The summed E-state index contributed by atoms with van der Waals surface area (Å²) in [7, 11) is 0. The Labute approximate surface area is 278 Å². The molecule has 9 heteroatoms. The molecule has 9 nitrogen and oxygen atoms in total. The summed E-state index contributed by atoms with van der Waals surface area (Å²) in [4.78, 5) is 19.8. The number of ether oxygens (including phenoxy) is 3. The van der Waals surface area contributed by atoms with Gasteiger partial charge < -0.3 is 28.8 Å². The number of hydrogen-bond acceptors (Lipinski definition) is 8. The highest BCUT2D eigenvalue weighted by molar-refractivity contribution is 5.92. The van der Waals surface area contributed by atoms with Crippen molar-refractivity contribution in [3.05, 3.63) is 70.1 Å². The summed E-state index contributed by atoms with van der Waals surface area (Å²) in [6.07, 6.45) is 12.1. The van der Waals surface area contributed by atoms with E-state index in [2.05, 4.69) is 33.4 Å². The molecule has 1 aromatic heterocycles. The quantitative estimate of drug-likeness (QED) is 0.205. The second kappa shape index (κ2) is 16.4. The molecule has 3 aliphatic rings. The van der Waals surface area contributed by atoms with E-state index in [0.29, 0.717) is 42.8 Å². The number of nitriles is 1. The second-order valence-electron chi connectivity index (χ2n) is 13.0. The minimum Gasteiger partial charge on any atom is -0.491 e. The number of benzene rings is 2. The maximum Gasteiger partial charge on any atom is 0.289 e. The summed E-state index contributed by atoms with van der Waals surface area (Å²) in [6.45, 7) is 7.46. The lowest BCUT2D eigenvalue weighted by Crippen LogP contribution is -2.34. The van der Waals surface area contributed by atoms with E-state index in [1.54, 1.807) is 31.2 Å². The number of aromatic nitrogens is 1. The van der Waals surface area contributed by atoms with Crippen LogP contribution in [0.5, 0.6) is 5.75 Å². The summed E-state index contributed by atoms with van der Waals surface area (Å²) in [5.74, 6) is 2.02. The molecule has 1 amide bonds. The third-order valence-corrected chi connectivity index (χ3v) is 9.76. The van der Waals surface area contributed by atoms with Gasteiger partial charge in [0.05, 0.1) is 23.9 Å². The maximum atomic E-state index is 12.8. The van der Waals surface area contributed by atoms with Crippen molar-refractivity contribution in [2.45, 2.75) is 89.8 Å². The van der Waals surface area contributed by atoms with E-state index in [1.807, 2.05) is 0 Å². The van der Waals surface area contributed by atoms with Crippen LogP contribution in [0.3, 0.4) is 0 Å². The second-order valence-corrected chi connectivity index (χ2v) is 13.0. The van der Waals surface area contributed by atoms with Crippen molar-refractivity contribution in [1.29, 1.82) is 5.26 Å². The van der Waals surface area contributed by atoms with Crippen LogP contribution in [0.15, 0.2) is 40.8 Å². The van der Waals surface area contributed by atoms with Crippen molar-refractivity contribution in [2.75, 3.05) is 46.0 Å². The first kappa shape index (κ1) is 33.2. The van der Waals surface area contributed by atoms with Gasteiger partial charge >= 0.3 is 0 Å². The van der Waals surface area contributed by atoms with E-state index in [0.717, 1.165) is 88.9 Å². The van der Waals surface area contributed by atoms with E-state index in [-0.39, 0.29) is 18.0 Å². The smallest absolute Gasteiger partial charge is 0.289 e. The Morgan fingerprint density at radius 1 is 1.02 bits per heavy atom. The fourth-order valence-corrected chi connectivity index (χ4v) is 7.10. The largest absolute Gasteiger partial charge is 0.491 e. The van der Waals surface area contributed by atoms with Crippen molar-refractivity contribution in [3.8, 4) is 23.3 Å². The van der Waals surface area contributed by atoms with Crippen LogP contribution < -0.4 is 10.1 Å². The van der Waals surface area contributed by atoms with Crippen molar-refractivity contribution in [3.63, 3.8) is 0 Å². The van der Waals surface area contributed by atoms with Gasteiger partial charge in [-0.15, -0.1) is 0 Å². The number of unbranched alkanes of at least 4 members (excludes halogenated alkanes) is 1. The Morgan fingerprint density at radius 3 is 2.64 bits per heavy atom. The Hall–Kier alpha value is -3.71. The molecular weight excluding hydrogens is 592 g/mol. The zero-order valence-corrected chi connectivity index (χ0v) is 27.7. The van der Waals surface area contributed by atoms with E-state index in [9.17, 15) is 4.79 Å². The number of piperidine rings is 1. The molecular formula is C38H48N4O5. The molecule has 0 saturated carbocycles. The van der Waals surface area contributed by atoms with Crippen LogP contribution in [0.2, 0.25) is 0 Å². The predicted molar refractivity (Wildman–Crippen MR) is 179 cm³/mol. The molecule has 250 valence electrons. The molecule has 0 bridgehead atoms. The standard InChI is InChI=1S/C38H48N4O5/c1-27-35(47-38(41-27)31-13-11-28(26-39)12-14-31)37(43)40-19-5-6-20-42-21-17-30(18-22-42)33-16-15-29-8-2-3-9-32(29)36(33)46-25-24-45-34-10-4-7-23-44-34/h11-16,30,34H,2-10,17-25H2,1H3,(H,40,43). The number of hydrogen-bond donors (Lipinski definition) is 1. The number of fused-ring (bicyclic) bond motifs is 1. The Kier molecular flexibility index (Phi) is 11.6. The van der Waals surface area contributed by atoms with Crippen LogP contribution in [-0.2, 0) is 22.3 Å². The summed E-state index contributed by atoms with van der Waals surface area (Å²) in [5.41, 5.74) is 6.13. The monoisotopic (exact) mass is 640 g/mol. The van der Waals surface area contributed by atoms with Crippen molar-refractivity contribution >= 4 is 5.91 Å². The van der Waals surface area contributed by atoms with Gasteiger partial charge in [-0.05, 0) is 144 Å². The molecule has 47 heavy (non-hydrogen) atoms. The molecule has 6 rings (SSSR count). The van der Waals surface area contributed by atoms with Gasteiger partial charge in [-0.3, -0.25) is 4.79 Å². The first-order valence-corrected chi connectivity index (χ1v) is 17.6. The van der Waals surface area contributed by atoms with Crippen LogP contribution >= 0.6 is 0 Å². The highest BCUT2D eigenvalue weighted by Crippen LogP contribution is 2.40. The van der Waals surface area contributed by atoms with E-state index < -0.39 is 0 Å². The number of rotatable bonds is 13. The van der Waals surface area contributed by atoms with Crippen LogP contribution in [0.1, 0.15) is 102 Å². The highest BCUT2D eigenvalue weighted by atomic mass is 16.7. The van der Waals surface area contributed by atoms with Gasteiger partial charge in [-0.2, -0.15) is 5.26 Å². The van der Waals surface area contributed by atoms with E-state index >= 15 is 0 Å². The van der Waals surface area contributed by atoms with Crippen LogP contribution in [0.4, 0.5) is 0 Å². The molecule has 3 aromatic rings. The first-order chi connectivity index (χ1) is 23.1. The van der Waals surface area contributed by atoms with Crippen molar-refractivity contribution in [2.24, 2.45) is 0 Å². The first-order valence-electron chi connectivity index (χ1n) is 17.6. The molecule has 1 aliphatic carbocycles. The normalized spacial score (nSPS) is 18.8. The molecule has 2 fully saturated rings. The number of likely N-dealkylation sites (tertiary alicyclic amines) is 1. The summed E-state index contributed by atoms with van der Waals surface area (Å²) in [5, 5.41) is 12.0. The predicted octanol–water partition coefficient (Wildman–Crippen LogP) is 6.71. The molecule has 1 atom stereocenters. The molecule has 0 spiro atoms. The number of nitrogens with one attached hydrogen (secondary N) is 1. The molecule has 1 unspecified atom stereocenters. The topological polar surface area (TPSA) is 110 Å². The lowest BCUT2D eigenvalue weighted by Gasteiger charge is -2.34. The maximum absolute atomic E-state index is 12.8. The Bertz CT molecular complexity index is 1510. The molecule has 2 aliphatic heterocycles. The highest BCUT2D eigenvalue weighted by Gasteiger charge is 2.27. The lowest BCUT2D eigenvalue weighted by atomic mass is 9.83. The van der Waals surface area contributed by atoms with E-state index in [1.165, 1.54) is 36.0 Å². The van der Waals surface area contributed by atoms with Gasteiger partial charge in [0.1, 0.15) is 12.4 Å². The minimum atomic E-state index is -0.243. The number of amides is 1. The molecule has 2 saturated heterocycles. The molecule has 2 aromatic carbocycles. The third kappa shape index (κ3) is 8.61. The number of nitrogens with zero attached hydrogens (tertiary/aromatic N) is 3. The third-order valence-electron chi connectivity index (χ3n) is 9.76. The molecule has 1 N–H and O–H groups in total. The Morgan fingerprint density at radius 2 is 1.85 bits per heavy atom. The zero-order chi connectivity index (χ0) is 32.4. The SMILES string of the molecule is Cc1nc(-c2ccc(C#N)cc2)oc1C(=O)NCCCCN1CCC(c2ccc3c(c2OCCOC2CCCCO2)CCCC3)CC1. The average Bonchev–Trinajstić information content (AvgIpc) is 3.52. The Balaban J connectivity index is 0.938. The van der Waals surface area contributed by atoms with Gasteiger partial charge in [0.25, 0.3) is 5.91 Å². The molecule has 3 heterocycles. The lowest BCUT2D eigenvalue weighted by molar-refractivity contribution is -0.165. The number of carbonyl (C=O) groups is 1. The summed E-state index contributed by atoms with van der Waals surface area (Å²) < 4.78 is 24.0. The van der Waals surface area contributed by atoms with Crippen molar-refractivity contribution in [1.82, 2.24) is 15.2 Å². The van der Waals surface area contributed by atoms with Gasteiger partial charge in [0, 0.05) is 18.7 Å². The van der Waals surface area contributed by atoms with E-state index in [4.69, 9.17) is 23.9 Å². The average molecular weight is 641 g/mol. The number of carbonyl (C=O) groups excluding carboxylic acids is 1. The van der Waals surface area contributed by atoms with Gasteiger partial charge in [-0.25, -0.2) is 4.98 Å². The number of oxazole rings is 1. The zero-order valence-electron chi connectivity index (χ0n) is 27.7. The fourth-order valence-electron chi connectivity index (χ4n) is 7.10. The van der Waals surface area contributed by atoms with Crippen LogP contribution in [0, 0.1) is 18.3 Å². The summed E-state index contributed by atoms with van der Waals surface area (Å²) in [6, 6.07) is 13.8. The van der Waals surface area contributed by atoms with Gasteiger partial charge in [0.15, 0.2) is 6.29 Å². The van der Waals surface area contributed by atoms with Gasteiger partial charge in [0.2, 0.25) is 11.7 Å². The van der Waals surface area contributed by atoms with Crippen LogP contribution in [0.25, 0.3) is 11.5 Å².